The third kappa shape index (κ3) is 37.0. The molecule has 0 spiro atoms. The molecule has 2 aliphatic carbocycles. The Hall–Kier alpha value is -14.8. The fourth-order valence-electron chi connectivity index (χ4n) is 13.7. The van der Waals surface area contributed by atoms with Gasteiger partial charge in [-0.25, -0.2) is 67.5 Å². The maximum atomic E-state index is 9.55. The lowest BCUT2D eigenvalue weighted by Gasteiger charge is -2.37. The second kappa shape index (κ2) is 52.9. The van der Waals surface area contributed by atoms with Crippen molar-refractivity contribution in [2.45, 2.75) is 96.8 Å². The van der Waals surface area contributed by atoms with Gasteiger partial charge in [-0.1, -0.05) is 78.1 Å². The van der Waals surface area contributed by atoms with Gasteiger partial charge in [-0.2, -0.15) is 0 Å². The van der Waals surface area contributed by atoms with Crippen LogP contribution in [0.5, 0.6) is 23.0 Å². The average molecular weight is 1710 g/mol. The van der Waals surface area contributed by atoms with Crippen LogP contribution in [0.15, 0.2) is 207 Å². The SMILES string of the molecule is C.CC[NH+]1CC[NH+](C2CCC(n3cc(-c4ccc(Oc5ccccc5)cc4)c4c(N)nc[nH+]c43)CC2)CC1.CC[NH+]1CC[NH+](C2CCC(n3cc(-c4ccc(Oc5ccccc5)cc4)c4c(N)nc[nH+]c43)CC2)CC1.O=C(O)/C=C\C(=O)O.O=C(O)/C=C\C(=O)O.O=C(O)/C=C\C(=O)O.O=C(O)/C=C\C(=O)O.O=C(O)/C=C\C(=O)O.O=C(O)/C=C\C(=O)O.[H+]. The van der Waals surface area contributed by atoms with Crippen LogP contribution in [0.4, 0.5) is 11.6 Å². The lowest BCUT2D eigenvalue weighted by atomic mass is 9.89. The lowest BCUT2D eigenvalue weighted by molar-refractivity contribution is -1.02. The fraction of sp³-hybridized carbons (Fsp3) is 0.294. The number of ether oxygens (including phenoxy) is 2. The molecule has 4 aliphatic rings. The fourth-order valence-corrected chi connectivity index (χ4v) is 13.7. The number of rotatable bonds is 24. The van der Waals surface area contributed by atoms with E-state index in [1.54, 1.807) is 22.5 Å². The van der Waals surface area contributed by atoms with E-state index < -0.39 is 71.6 Å². The summed E-state index contributed by atoms with van der Waals surface area (Å²) in [5, 5.41) is 95.8. The molecular formula is C85H107N12O26+7. The number of carboxylic acid groups (broad SMARTS) is 12. The van der Waals surface area contributed by atoms with E-state index in [9.17, 15) is 57.5 Å². The largest absolute Gasteiger partial charge is 1.00 e. The Kier molecular flexibility index (Phi) is 43.3. The number of carboxylic acids is 12. The molecule has 0 unspecified atom stereocenters. The van der Waals surface area contributed by atoms with Crippen molar-refractivity contribution in [1.29, 1.82) is 0 Å². The van der Waals surface area contributed by atoms with Crippen molar-refractivity contribution < 1.29 is 159 Å². The number of hydrogen-bond donors (Lipinski definition) is 18. The molecule has 4 aromatic heterocycles. The zero-order valence-electron chi connectivity index (χ0n) is 67.7. The zero-order chi connectivity index (χ0) is 89.8. The third-order valence-corrected chi connectivity index (χ3v) is 19.4. The van der Waals surface area contributed by atoms with Gasteiger partial charge in [0.2, 0.25) is 35.6 Å². The van der Waals surface area contributed by atoms with Crippen LogP contribution in [0, 0.1) is 0 Å². The van der Waals surface area contributed by atoms with E-state index in [0.717, 1.165) is 79.4 Å². The van der Waals surface area contributed by atoms with Crippen molar-refractivity contribution in [1.82, 2.24) is 19.1 Å². The van der Waals surface area contributed by atoms with Crippen molar-refractivity contribution >= 4 is 105 Å². The number of H-pyrrole nitrogens is 2. The number of para-hydroxylation sites is 2. The van der Waals surface area contributed by atoms with Gasteiger partial charge in [0, 0.05) is 110 Å². The predicted molar refractivity (Wildman–Crippen MR) is 446 cm³/mol. The molecule has 22 N–H and O–H groups in total. The summed E-state index contributed by atoms with van der Waals surface area (Å²) in [5.41, 5.74) is 19.5. The van der Waals surface area contributed by atoms with Crippen LogP contribution < -0.4 is 50.5 Å². The van der Waals surface area contributed by atoms with Gasteiger partial charge >= 0.3 is 73.1 Å². The number of aromatic nitrogens is 6. The number of fused-ring (bicyclic) bond motifs is 2. The van der Waals surface area contributed by atoms with E-state index in [1.165, 1.54) is 117 Å². The summed E-state index contributed by atoms with van der Waals surface area (Å²) in [5.74, 6) is -10.6. The Morgan fingerprint density at radius 3 is 0.813 bits per heavy atom. The molecule has 2 saturated heterocycles. The van der Waals surface area contributed by atoms with Crippen LogP contribution >= 0.6 is 0 Å². The first-order valence-electron chi connectivity index (χ1n) is 38.3. The van der Waals surface area contributed by atoms with Gasteiger partial charge in [0.1, 0.15) is 86.1 Å². The van der Waals surface area contributed by atoms with Crippen molar-refractivity contribution in [3.8, 4) is 45.3 Å². The number of nitrogen functional groups attached to an aromatic ring is 2. The second-order valence-electron chi connectivity index (χ2n) is 27.4. The van der Waals surface area contributed by atoms with E-state index in [4.69, 9.17) is 82.2 Å². The summed E-state index contributed by atoms with van der Waals surface area (Å²) in [6.45, 7) is 17.8. The summed E-state index contributed by atoms with van der Waals surface area (Å²) in [4.78, 5) is 137. The molecule has 0 amide bonds. The number of nitrogens with zero attached hydrogens (tertiary/aromatic N) is 4. The van der Waals surface area contributed by atoms with Crippen LogP contribution in [0.25, 0.3) is 44.3 Å². The Morgan fingerprint density at radius 1 is 0.366 bits per heavy atom. The van der Waals surface area contributed by atoms with Crippen LogP contribution in [-0.4, -0.2) is 230 Å². The van der Waals surface area contributed by atoms with E-state index >= 15 is 0 Å². The highest BCUT2D eigenvalue weighted by Gasteiger charge is 2.37. The van der Waals surface area contributed by atoms with E-state index in [2.05, 4.69) is 79.6 Å². The number of nitrogens with one attached hydrogen (secondary N) is 6. The second-order valence-corrected chi connectivity index (χ2v) is 27.4. The number of carbonyl (C=O) groups is 12. The molecule has 4 fully saturated rings. The zero-order valence-corrected chi connectivity index (χ0v) is 66.7. The quantitative estimate of drug-likeness (QED) is 0.0386. The van der Waals surface area contributed by atoms with E-state index in [1.807, 2.05) is 94.7 Å². The number of anilines is 2. The predicted octanol–water partition coefficient (Wildman–Crippen LogP) is 3.38. The molecule has 12 rings (SSSR count). The summed E-state index contributed by atoms with van der Waals surface area (Å²) in [6, 6.07) is 38.9. The lowest BCUT2D eigenvalue weighted by Crippen LogP contribution is -3.29. The van der Waals surface area contributed by atoms with Gasteiger partial charge < -0.3 is 102 Å². The molecular weight excluding hydrogens is 1600 g/mol. The van der Waals surface area contributed by atoms with Gasteiger partial charge in [-0.3, -0.25) is 9.13 Å². The number of piperazine rings is 2. The Bertz CT molecular complexity index is 4440. The van der Waals surface area contributed by atoms with Gasteiger partial charge in [-0.05, 0) is 99.2 Å². The van der Waals surface area contributed by atoms with Crippen LogP contribution in [0.3, 0.4) is 0 Å². The molecule has 38 heteroatoms. The molecule has 6 heterocycles. The molecule has 38 nitrogen and oxygen atoms in total. The van der Waals surface area contributed by atoms with Crippen molar-refractivity contribution in [3.63, 3.8) is 0 Å². The van der Waals surface area contributed by atoms with Gasteiger partial charge in [0.15, 0.2) is 0 Å². The molecule has 0 atom stereocenters. The maximum absolute atomic E-state index is 9.55. The van der Waals surface area contributed by atoms with Crippen molar-refractivity contribution in [3.05, 3.63) is 207 Å². The number of aromatic amines is 2. The number of hydrogen-bond acceptors (Lipinski definition) is 18. The number of benzene rings is 4. The highest BCUT2D eigenvalue weighted by molar-refractivity contribution is 6.01. The number of likely N-dealkylation sites (N-methyl/N-ethyl adjacent to an activating group) is 2. The van der Waals surface area contributed by atoms with Crippen LogP contribution in [0.2, 0.25) is 0 Å². The van der Waals surface area contributed by atoms with Crippen molar-refractivity contribution in [2.24, 2.45) is 0 Å². The molecule has 8 aromatic rings. The average Bonchev–Trinajstić information content (AvgIpc) is 1.62. The van der Waals surface area contributed by atoms with Crippen LogP contribution in [0.1, 0.15) is 86.2 Å². The number of nitrogens with two attached hydrogens (primary N) is 2. The van der Waals surface area contributed by atoms with Crippen LogP contribution in [-0.2, 0) is 57.5 Å². The van der Waals surface area contributed by atoms with E-state index in [-0.39, 0.29) is 8.85 Å². The number of aliphatic carboxylic acids is 12. The Balaban J connectivity index is 0.000000418. The minimum atomic E-state index is -1.26. The molecule has 4 aromatic carbocycles. The summed E-state index contributed by atoms with van der Waals surface area (Å²) in [7, 11) is 0. The van der Waals surface area contributed by atoms with Gasteiger partial charge in [0.25, 0.3) is 0 Å². The minimum absolute atomic E-state index is 0. The first kappa shape index (κ1) is 101. The van der Waals surface area contributed by atoms with Gasteiger partial charge in [0.05, 0.1) is 49.7 Å². The first-order chi connectivity index (χ1) is 58.1. The van der Waals surface area contributed by atoms with Gasteiger partial charge in [-0.15, -0.1) is 0 Å². The summed E-state index contributed by atoms with van der Waals surface area (Å²) in [6.07, 6.45) is 24.7. The minimum Gasteiger partial charge on any atom is -0.478 e. The molecule has 0 bridgehead atoms. The molecule has 0 radical (unpaired) electrons. The summed E-state index contributed by atoms with van der Waals surface area (Å²) < 4.78 is 16.9. The normalized spacial score (nSPS) is 18.3. The maximum Gasteiger partial charge on any atom is 1.00 e. The highest BCUT2D eigenvalue weighted by atomic mass is 16.5. The van der Waals surface area contributed by atoms with Crippen molar-refractivity contribution in [2.75, 3.05) is 76.9 Å². The molecule has 123 heavy (non-hydrogen) atoms. The number of quaternary nitrogens is 4. The molecule has 2 saturated carbocycles. The highest BCUT2D eigenvalue weighted by Crippen LogP contribution is 2.40. The first-order valence-corrected chi connectivity index (χ1v) is 38.3. The topological polar surface area (TPSA) is 600 Å². The molecule has 656 valence electrons. The Labute approximate surface area is 706 Å². The third-order valence-electron chi connectivity index (χ3n) is 19.4. The van der Waals surface area contributed by atoms with E-state index in [0.29, 0.717) is 96.6 Å². The monoisotopic (exact) mass is 1710 g/mol. The smallest absolute Gasteiger partial charge is 0.478 e. The summed E-state index contributed by atoms with van der Waals surface area (Å²) >= 11 is 0. The molecule has 2 aliphatic heterocycles. The Morgan fingerprint density at radius 2 is 0.593 bits per heavy atom. The standard InChI is InChI=1S/2C30H36N6O.6C4H4O4.CH4/c2*1-2-34-16-18-35(19-17-34)23-10-12-24(13-11-23)36-20-27(28-29(31)32-21-33-30(28)36)22-8-14-26(15-9-22)37-25-6-4-3-5-7-25;6*5-3(6)1-2-4(7)8;/h2*3-9,14-15,20-21,23-24H,2,10-13,16-19H2,1H3,(H2,31,32,33);6*1-2H,(H,5,6)(H,7,8);1H4/p+7/b;;6*2-1-;.